The van der Waals surface area contributed by atoms with Crippen molar-refractivity contribution in [1.29, 1.82) is 0 Å². The zero-order chi connectivity index (χ0) is 21.1. The van der Waals surface area contributed by atoms with Gasteiger partial charge in [-0.2, -0.15) is 0 Å². The Morgan fingerprint density at radius 2 is 1.73 bits per heavy atom. The molecule has 1 unspecified atom stereocenters. The molecule has 0 radical (unpaired) electrons. The van der Waals surface area contributed by atoms with Crippen LogP contribution in [-0.4, -0.2) is 62.7 Å². The van der Waals surface area contributed by atoms with Crippen molar-refractivity contribution in [3.05, 3.63) is 53.1 Å². The highest BCUT2D eigenvalue weighted by molar-refractivity contribution is 5.94. The summed E-state index contributed by atoms with van der Waals surface area (Å²) < 4.78 is 16.2. The van der Waals surface area contributed by atoms with Crippen LogP contribution in [0, 0.1) is 0 Å². The van der Waals surface area contributed by atoms with Gasteiger partial charge in [-0.1, -0.05) is 6.07 Å². The van der Waals surface area contributed by atoms with Gasteiger partial charge in [0.25, 0.3) is 5.91 Å². The molecule has 0 spiro atoms. The number of likely N-dealkylation sites (tertiary alicyclic amines) is 1. The molecule has 30 heavy (non-hydrogen) atoms. The molecule has 2 heterocycles. The lowest BCUT2D eigenvalue weighted by atomic mass is 9.95. The van der Waals surface area contributed by atoms with Crippen molar-refractivity contribution in [3.63, 3.8) is 0 Å². The van der Waals surface area contributed by atoms with Crippen LogP contribution in [0.4, 0.5) is 0 Å². The second-order valence-electron chi connectivity index (χ2n) is 7.98. The molecule has 1 atom stereocenters. The summed E-state index contributed by atoms with van der Waals surface area (Å²) in [5, 5.41) is 0. The van der Waals surface area contributed by atoms with E-state index in [1.165, 1.54) is 11.1 Å². The molecule has 0 bridgehead atoms. The molecule has 1 amide bonds. The number of benzene rings is 2. The highest BCUT2D eigenvalue weighted by Gasteiger charge is 2.31. The van der Waals surface area contributed by atoms with Gasteiger partial charge in [-0.3, -0.25) is 9.69 Å². The van der Waals surface area contributed by atoms with Crippen LogP contribution in [0.2, 0.25) is 0 Å². The number of piperidine rings is 1. The smallest absolute Gasteiger partial charge is 0.254 e. The Labute approximate surface area is 178 Å². The highest BCUT2D eigenvalue weighted by Crippen LogP contribution is 2.34. The number of rotatable bonds is 5. The first kappa shape index (κ1) is 20.5. The summed E-state index contributed by atoms with van der Waals surface area (Å²) in [5.74, 6) is 2.36. The molecular weight excluding hydrogens is 380 g/mol. The van der Waals surface area contributed by atoms with Gasteiger partial charge in [-0.15, -0.1) is 0 Å². The molecule has 0 aromatic heterocycles. The van der Waals surface area contributed by atoms with Gasteiger partial charge >= 0.3 is 0 Å². The Morgan fingerprint density at radius 1 is 0.967 bits per heavy atom. The Balaban J connectivity index is 1.47. The normalized spacial score (nSPS) is 19.2. The molecule has 6 nitrogen and oxygen atoms in total. The van der Waals surface area contributed by atoms with Gasteiger partial charge in [-0.25, -0.2) is 0 Å². The van der Waals surface area contributed by atoms with Crippen molar-refractivity contribution >= 4 is 5.91 Å². The average Bonchev–Trinajstić information content (AvgIpc) is 2.82. The number of amides is 1. The molecule has 0 saturated carbocycles. The van der Waals surface area contributed by atoms with E-state index >= 15 is 0 Å². The van der Waals surface area contributed by atoms with Gasteiger partial charge in [0.05, 0.1) is 21.3 Å². The Morgan fingerprint density at radius 3 is 2.47 bits per heavy atom. The number of ether oxygens (including phenoxy) is 3. The first-order valence-corrected chi connectivity index (χ1v) is 10.5. The third kappa shape index (κ3) is 4.10. The number of hydrogen-bond donors (Lipinski definition) is 0. The predicted molar refractivity (Wildman–Crippen MR) is 116 cm³/mol. The second kappa shape index (κ2) is 8.96. The Kier molecular flexibility index (Phi) is 6.13. The van der Waals surface area contributed by atoms with E-state index in [4.69, 9.17) is 14.2 Å². The molecule has 1 saturated heterocycles. The summed E-state index contributed by atoms with van der Waals surface area (Å²) in [5.41, 5.74) is 3.30. The molecule has 160 valence electrons. The van der Waals surface area contributed by atoms with Crippen molar-refractivity contribution in [2.24, 2.45) is 0 Å². The molecule has 6 heteroatoms. The summed E-state index contributed by atoms with van der Waals surface area (Å²) >= 11 is 0. The number of carbonyl (C=O) groups is 1. The van der Waals surface area contributed by atoms with Crippen LogP contribution in [0.5, 0.6) is 17.2 Å². The van der Waals surface area contributed by atoms with Crippen molar-refractivity contribution in [1.82, 2.24) is 9.80 Å². The van der Waals surface area contributed by atoms with Crippen molar-refractivity contribution in [3.8, 4) is 17.2 Å². The third-order valence-corrected chi connectivity index (χ3v) is 6.26. The Hall–Kier alpha value is -2.73. The van der Waals surface area contributed by atoms with Crippen molar-refractivity contribution < 1.29 is 19.0 Å². The monoisotopic (exact) mass is 410 g/mol. The van der Waals surface area contributed by atoms with Crippen LogP contribution in [-0.2, 0) is 13.0 Å². The van der Waals surface area contributed by atoms with E-state index in [0.29, 0.717) is 17.4 Å². The van der Waals surface area contributed by atoms with Crippen molar-refractivity contribution in [2.45, 2.75) is 31.8 Å². The maximum absolute atomic E-state index is 13.1. The zero-order valence-corrected chi connectivity index (χ0v) is 18.0. The molecule has 4 rings (SSSR count). The number of nitrogens with zero attached hydrogens (tertiary/aromatic N) is 2. The Bertz CT molecular complexity index is 914. The molecule has 1 fully saturated rings. The largest absolute Gasteiger partial charge is 0.497 e. The first-order valence-electron chi connectivity index (χ1n) is 10.5. The number of hydrogen-bond acceptors (Lipinski definition) is 5. The maximum atomic E-state index is 13.1. The minimum atomic E-state index is 0.0856. The van der Waals surface area contributed by atoms with Crippen molar-refractivity contribution in [2.75, 3.05) is 41.0 Å². The lowest BCUT2D eigenvalue weighted by Gasteiger charge is -2.41. The quantitative estimate of drug-likeness (QED) is 0.757. The van der Waals surface area contributed by atoms with Crippen LogP contribution >= 0.6 is 0 Å². The summed E-state index contributed by atoms with van der Waals surface area (Å²) in [6.45, 7) is 3.44. The van der Waals surface area contributed by atoms with Crippen LogP contribution in [0.1, 0.15) is 34.3 Å². The highest BCUT2D eigenvalue weighted by atomic mass is 16.5. The minimum Gasteiger partial charge on any atom is -0.497 e. The predicted octanol–water partition coefficient (Wildman–Crippen LogP) is 3.38. The van der Waals surface area contributed by atoms with Gasteiger partial charge in [0, 0.05) is 37.8 Å². The summed E-state index contributed by atoms with van der Waals surface area (Å²) in [6.07, 6.45) is 3.12. The van der Waals surface area contributed by atoms with E-state index in [2.05, 4.69) is 17.0 Å². The van der Waals surface area contributed by atoms with Crippen LogP contribution in [0.3, 0.4) is 0 Å². The van der Waals surface area contributed by atoms with Gasteiger partial charge < -0.3 is 19.1 Å². The van der Waals surface area contributed by atoms with E-state index in [1.54, 1.807) is 21.3 Å². The van der Waals surface area contributed by atoms with Gasteiger partial charge in [0.2, 0.25) is 0 Å². The fourth-order valence-electron chi connectivity index (χ4n) is 4.59. The SMILES string of the molecule is COc1cccc(C(=O)N2CCCC(N3CCc4cc(OC)c(OC)cc4C3)C2)c1. The fourth-order valence-corrected chi connectivity index (χ4v) is 4.59. The van der Waals surface area contributed by atoms with Gasteiger partial charge in [0.15, 0.2) is 11.5 Å². The zero-order valence-electron chi connectivity index (χ0n) is 18.0. The number of fused-ring (bicyclic) bond motifs is 1. The van der Waals surface area contributed by atoms with Crippen LogP contribution in [0.15, 0.2) is 36.4 Å². The molecular formula is C24H30N2O4. The van der Waals surface area contributed by atoms with E-state index in [0.717, 1.165) is 56.9 Å². The molecule has 2 aromatic rings. The average molecular weight is 411 g/mol. The second-order valence-corrected chi connectivity index (χ2v) is 7.98. The first-order chi connectivity index (χ1) is 14.6. The van der Waals surface area contributed by atoms with Gasteiger partial charge in [0.1, 0.15) is 5.75 Å². The summed E-state index contributed by atoms with van der Waals surface area (Å²) in [7, 11) is 4.97. The lowest BCUT2D eigenvalue weighted by Crippen LogP contribution is -2.51. The van der Waals surface area contributed by atoms with Gasteiger partial charge in [-0.05, 0) is 60.7 Å². The summed E-state index contributed by atoms with van der Waals surface area (Å²) in [6, 6.07) is 12.0. The fraction of sp³-hybridized carbons (Fsp3) is 0.458. The van der Waals surface area contributed by atoms with E-state index in [-0.39, 0.29) is 5.91 Å². The summed E-state index contributed by atoms with van der Waals surface area (Å²) in [4.78, 5) is 17.6. The third-order valence-electron chi connectivity index (χ3n) is 6.26. The van der Waals surface area contributed by atoms with Crippen LogP contribution in [0.25, 0.3) is 0 Å². The topological polar surface area (TPSA) is 51.2 Å². The molecule has 2 aliphatic rings. The standard InChI is InChI=1S/C24H30N2O4/c1-28-21-8-4-6-18(12-21)24(27)26-10-5-7-20(16-26)25-11-9-17-13-22(29-2)23(30-3)14-19(17)15-25/h4,6,8,12-14,20H,5,7,9-11,15-16H2,1-3H3. The van der Waals surface area contributed by atoms with E-state index in [1.807, 2.05) is 29.2 Å². The molecule has 2 aromatic carbocycles. The molecule has 0 N–H and O–H groups in total. The van der Waals surface area contributed by atoms with Crippen LogP contribution < -0.4 is 14.2 Å². The molecule has 0 aliphatic carbocycles. The number of carbonyl (C=O) groups excluding carboxylic acids is 1. The maximum Gasteiger partial charge on any atom is 0.254 e. The number of methoxy groups -OCH3 is 3. The van der Waals surface area contributed by atoms with E-state index in [9.17, 15) is 4.79 Å². The van der Waals surface area contributed by atoms with E-state index < -0.39 is 0 Å². The molecule has 2 aliphatic heterocycles. The minimum absolute atomic E-state index is 0.0856. The lowest BCUT2D eigenvalue weighted by molar-refractivity contribution is 0.0548.